The van der Waals surface area contributed by atoms with E-state index in [9.17, 15) is 4.79 Å². The van der Waals surface area contributed by atoms with Gasteiger partial charge in [0.15, 0.2) is 0 Å². The molecule has 2 unspecified atom stereocenters. The molecule has 1 saturated carbocycles. The molecule has 3 fully saturated rings. The Hall–Kier alpha value is -1.50. The van der Waals surface area contributed by atoms with Crippen molar-refractivity contribution in [1.29, 1.82) is 0 Å². The van der Waals surface area contributed by atoms with Crippen molar-refractivity contribution in [2.75, 3.05) is 33.4 Å². The number of rotatable bonds is 4. The van der Waals surface area contributed by atoms with E-state index in [-0.39, 0.29) is 5.60 Å². The largest absolute Gasteiger partial charge is 0.381 e. The zero-order valence-corrected chi connectivity index (χ0v) is 15.5. The molecule has 4 rings (SSSR count). The highest BCUT2D eigenvalue weighted by molar-refractivity contribution is 5.90. The monoisotopic (exact) mass is 359 g/mol. The number of nitrogens with two attached hydrogens (primary N) is 1. The number of primary amides is 1. The van der Waals surface area contributed by atoms with Crippen LogP contribution in [0.5, 0.6) is 0 Å². The normalized spacial score (nSPS) is 33.1. The number of likely N-dealkylation sites (tertiary alicyclic amines) is 1. The summed E-state index contributed by atoms with van der Waals surface area (Å²) in [5.74, 6) is 0.361. The molecular weight excluding hydrogens is 330 g/mol. The first kappa shape index (κ1) is 17.9. The van der Waals surface area contributed by atoms with Crippen LogP contribution in [0.15, 0.2) is 18.3 Å². The van der Waals surface area contributed by atoms with Crippen molar-refractivity contribution in [2.24, 2.45) is 17.6 Å². The summed E-state index contributed by atoms with van der Waals surface area (Å²) in [5, 5.41) is 0. The lowest BCUT2D eigenvalue weighted by atomic mass is 9.62. The van der Waals surface area contributed by atoms with Gasteiger partial charge in [-0.1, -0.05) is 6.42 Å². The summed E-state index contributed by atoms with van der Waals surface area (Å²) in [4.78, 5) is 18.4. The molecule has 26 heavy (non-hydrogen) atoms. The van der Waals surface area contributed by atoms with Crippen LogP contribution in [0.3, 0.4) is 0 Å². The summed E-state index contributed by atoms with van der Waals surface area (Å²) in [6.45, 7) is 3.84. The van der Waals surface area contributed by atoms with E-state index in [2.05, 4.69) is 9.88 Å². The molecule has 142 valence electrons. The van der Waals surface area contributed by atoms with Crippen molar-refractivity contribution in [3.8, 4) is 0 Å². The predicted octanol–water partition coefficient (Wildman–Crippen LogP) is 1.93. The first-order chi connectivity index (χ1) is 12.6. The number of carbonyl (C=O) groups is 1. The van der Waals surface area contributed by atoms with Gasteiger partial charge in [0.05, 0.1) is 0 Å². The first-order valence-corrected chi connectivity index (χ1v) is 9.78. The molecule has 0 spiro atoms. The fraction of sp³-hybridized carbons (Fsp3) is 0.700. The van der Waals surface area contributed by atoms with E-state index in [0.29, 0.717) is 23.6 Å². The molecule has 1 amide bonds. The van der Waals surface area contributed by atoms with Gasteiger partial charge in [0.2, 0.25) is 0 Å². The van der Waals surface area contributed by atoms with Crippen LogP contribution in [-0.2, 0) is 15.1 Å². The van der Waals surface area contributed by atoms with Crippen LogP contribution >= 0.6 is 0 Å². The average Bonchev–Trinajstić information content (AvgIpc) is 2.67. The number of methoxy groups -OCH3 is 1. The van der Waals surface area contributed by atoms with Gasteiger partial charge in [-0.2, -0.15) is 0 Å². The number of hydrogen-bond acceptors (Lipinski definition) is 5. The SMILES string of the molecule is COC1(c2ccnc(C(N)=O)c2)C2CCCC1CN(C1CCOCC1)C2. The molecule has 2 bridgehead atoms. The van der Waals surface area contributed by atoms with Crippen LogP contribution < -0.4 is 5.73 Å². The van der Waals surface area contributed by atoms with Gasteiger partial charge < -0.3 is 15.2 Å². The Balaban J connectivity index is 1.66. The third kappa shape index (κ3) is 2.94. The average molecular weight is 359 g/mol. The zero-order chi connectivity index (χ0) is 18.1. The maximum atomic E-state index is 11.6. The van der Waals surface area contributed by atoms with E-state index in [1.807, 2.05) is 19.2 Å². The van der Waals surface area contributed by atoms with Crippen molar-refractivity contribution < 1.29 is 14.3 Å². The highest BCUT2D eigenvalue weighted by Gasteiger charge is 2.54. The topological polar surface area (TPSA) is 77.7 Å². The molecule has 1 aromatic heterocycles. The Morgan fingerprint density at radius 2 is 1.96 bits per heavy atom. The Labute approximate surface area is 155 Å². The number of nitrogens with zero attached hydrogens (tertiary/aromatic N) is 2. The summed E-state index contributed by atoms with van der Waals surface area (Å²) in [7, 11) is 1.82. The van der Waals surface area contributed by atoms with Gasteiger partial charge >= 0.3 is 0 Å². The van der Waals surface area contributed by atoms with Crippen molar-refractivity contribution in [3.05, 3.63) is 29.6 Å². The lowest BCUT2D eigenvalue weighted by Crippen LogP contribution is -2.61. The number of piperidine rings is 1. The van der Waals surface area contributed by atoms with Gasteiger partial charge in [0, 0.05) is 57.5 Å². The van der Waals surface area contributed by atoms with E-state index < -0.39 is 5.91 Å². The molecule has 6 nitrogen and oxygen atoms in total. The Kier molecular flexibility index (Phi) is 4.99. The van der Waals surface area contributed by atoms with Gasteiger partial charge in [-0.15, -0.1) is 0 Å². The maximum absolute atomic E-state index is 11.6. The minimum atomic E-state index is -0.483. The van der Waals surface area contributed by atoms with Gasteiger partial charge in [0.1, 0.15) is 11.3 Å². The van der Waals surface area contributed by atoms with Crippen molar-refractivity contribution in [3.63, 3.8) is 0 Å². The number of fused-ring (bicyclic) bond motifs is 2. The number of ether oxygens (including phenoxy) is 2. The third-order valence-electron chi connectivity index (χ3n) is 6.74. The lowest BCUT2D eigenvalue weighted by molar-refractivity contribution is -0.177. The summed E-state index contributed by atoms with van der Waals surface area (Å²) < 4.78 is 11.8. The zero-order valence-electron chi connectivity index (χ0n) is 15.5. The number of aromatic nitrogens is 1. The van der Waals surface area contributed by atoms with E-state index in [1.54, 1.807) is 6.20 Å². The van der Waals surface area contributed by atoms with Gasteiger partial charge in [0.25, 0.3) is 5.91 Å². The molecule has 1 aliphatic carbocycles. The molecule has 0 radical (unpaired) electrons. The van der Waals surface area contributed by atoms with Crippen LogP contribution in [0.4, 0.5) is 0 Å². The van der Waals surface area contributed by atoms with Gasteiger partial charge in [-0.3, -0.25) is 14.7 Å². The number of pyridine rings is 1. The second-order valence-electron chi connectivity index (χ2n) is 7.91. The number of hydrogen-bond donors (Lipinski definition) is 1. The van der Waals surface area contributed by atoms with Crippen LogP contribution in [0.25, 0.3) is 0 Å². The standard InChI is InChI=1S/C20H29N3O3/c1-25-20(14-5-8-22-18(11-14)19(21)24)15-3-2-4-16(20)13-23(12-15)17-6-9-26-10-7-17/h5,8,11,15-17H,2-4,6-7,9-10,12-13H2,1H3,(H2,21,24). The molecule has 2 aliphatic heterocycles. The molecule has 3 heterocycles. The molecular formula is C20H29N3O3. The second kappa shape index (κ2) is 7.25. The highest BCUT2D eigenvalue weighted by atomic mass is 16.5. The molecule has 2 atom stereocenters. The van der Waals surface area contributed by atoms with E-state index in [4.69, 9.17) is 15.2 Å². The Morgan fingerprint density at radius 3 is 2.58 bits per heavy atom. The smallest absolute Gasteiger partial charge is 0.267 e. The lowest BCUT2D eigenvalue weighted by Gasteiger charge is -2.57. The number of amides is 1. The third-order valence-corrected chi connectivity index (χ3v) is 6.74. The van der Waals surface area contributed by atoms with Crippen molar-refractivity contribution in [2.45, 2.75) is 43.7 Å². The molecule has 6 heteroatoms. The maximum Gasteiger partial charge on any atom is 0.267 e. The molecule has 2 saturated heterocycles. The second-order valence-corrected chi connectivity index (χ2v) is 7.91. The van der Waals surface area contributed by atoms with Crippen LogP contribution in [0.2, 0.25) is 0 Å². The molecule has 2 N–H and O–H groups in total. The minimum Gasteiger partial charge on any atom is -0.381 e. The quantitative estimate of drug-likeness (QED) is 0.889. The van der Waals surface area contributed by atoms with Gasteiger partial charge in [-0.25, -0.2) is 0 Å². The van der Waals surface area contributed by atoms with E-state index >= 15 is 0 Å². The van der Waals surface area contributed by atoms with E-state index in [1.165, 1.54) is 6.42 Å². The fourth-order valence-electron chi connectivity index (χ4n) is 5.55. The highest BCUT2D eigenvalue weighted by Crippen LogP contribution is 2.52. The molecule has 1 aromatic rings. The predicted molar refractivity (Wildman–Crippen MR) is 97.7 cm³/mol. The Morgan fingerprint density at radius 1 is 1.27 bits per heavy atom. The molecule has 3 aliphatic rings. The van der Waals surface area contributed by atoms with Gasteiger partial charge in [-0.05, 0) is 43.4 Å². The van der Waals surface area contributed by atoms with E-state index in [0.717, 1.165) is 57.6 Å². The summed E-state index contributed by atoms with van der Waals surface area (Å²) in [6.07, 6.45) is 7.49. The van der Waals surface area contributed by atoms with Crippen LogP contribution in [-0.4, -0.2) is 55.2 Å². The minimum absolute atomic E-state index is 0.323. The number of carbonyl (C=O) groups excluding carboxylic acids is 1. The summed E-state index contributed by atoms with van der Waals surface area (Å²) in [6, 6.07) is 4.48. The Bertz CT molecular complexity index is 645. The molecule has 0 aromatic carbocycles. The van der Waals surface area contributed by atoms with Crippen molar-refractivity contribution >= 4 is 5.91 Å². The summed E-state index contributed by atoms with van der Waals surface area (Å²) >= 11 is 0. The summed E-state index contributed by atoms with van der Waals surface area (Å²) in [5.41, 5.74) is 6.51. The van der Waals surface area contributed by atoms with Crippen LogP contribution in [0.1, 0.15) is 48.2 Å². The first-order valence-electron chi connectivity index (χ1n) is 9.78. The fourth-order valence-corrected chi connectivity index (χ4v) is 5.55. The van der Waals surface area contributed by atoms with Crippen LogP contribution in [0, 0.1) is 11.8 Å². The van der Waals surface area contributed by atoms with Crippen molar-refractivity contribution in [1.82, 2.24) is 9.88 Å².